The van der Waals surface area contributed by atoms with Crippen LogP contribution in [0.2, 0.25) is 0 Å². The van der Waals surface area contributed by atoms with Gasteiger partial charge in [0.2, 0.25) is 0 Å². The van der Waals surface area contributed by atoms with Crippen molar-refractivity contribution in [1.82, 2.24) is 0 Å². The molecule has 0 N–H and O–H groups in total. The Labute approximate surface area is 140 Å². The normalized spacial score (nSPS) is 9.96. The van der Waals surface area contributed by atoms with E-state index in [9.17, 15) is 4.79 Å². The van der Waals surface area contributed by atoms with Gasteiger partial charge in [0.15, 0.2) is 11.5 Å². The van der Waals surface area contributed by atoms with E-state index in [1.54, 1.807) is 49.6 Å². The molecule has 0 heterocycles. The van der Waals surface area contributed by atoms with Gasteiger partial charge in [-0.25, -0.2) is 4.79 Å². The van der Waals surface area contributed by atoms with Crippen molar-refractivity contribution >= 4 is 5.97 Å². The molecule has 0 aromatic heterocycles. The van der Waals surface area contributed by atoms with Crippen LogP contribution in [0, 0.1) is 0 Å². The Morgan fingerprint density at radius 1 is 0.792 bits per heavy atom. The van der Waals surface area contributed by atoms with E-state index in [1.807, 2.05) is 0 Å². The number of methoxy groups -OCH3 is 3. The zero-order chi connectivity index (χ0) is 17.4. The van der Waals surface area contributed by atoms with E-state index in [1.165, 1.54) is 14.2 Å². The van der Waals surface area contributed by atoms with Crippen LogP contribution in [0.15, 0.2) is 42.5 Å². The predicted octanol–water partition coefficient (Wildman–Crippen LogP) is 2.95. The number of hydrogen-bond donors (Lipinski definition) is 0. The fraction of sp³-hybridized carbons (Fsp3) is 0.278. The Bertz CT molecular complexity index is 666. The van der Waals surface area contributed by atoms with E-state index in [0.717, 1.165) is 5.75 Å². The minimum absolute atomic E-state index is 0.138. The Morgan fingerprint density at radius 3 is 2.08 bits per heavy atom. The van der Waals surface area contributed by atoms with Gasteiger partial charge in [0.25, 0.3) is 0 Å². The van der Waals surface area contributed by atoms with E-state index in [-0.39, 0.29) is 13.2 Å². The molecule has 2 aromatic carbocycles. The highest BCUT2D eigenvalue weighted by atomic mass is 16.6. The molecule has 24 heavy (non-hydrogen) atoms. The second-order valence-electron chi connectivity index (χ2n) is 4.73. The van der Waals surface area contributed by atoms with Gasteiger partial charge in [0.1, 0.15) is 24.7 Å². The highest BCUT2D eigenvalue weighted by Gasteiger charge is 2.11. The molecule has 2 aromatic rings. The molecule has 0 saturated heterocycles. The van der Waals surface area contributed by atoms with E-state index in [2.05, 4.69) is 0 Å². The zero-order valence-corrected chi connectivity index (χ0v) is 13.9. The van der Waals surface area contributed by atoms with Gasteiger partial charge in [-0.05, 0) is 42.5 Å². The number of hydrogen-bond acceptors (Lipinski definition) is 6. The quantitative estimate of drug-likeness (QED) is 0.547. The van der Waals surface area contributed by atoms with Crippen LogP contribution in [0.25, 0.3) is 0 Å². The smallest absolute Gasteiger partial charge is 0.338 e. The van der Waals surface area contributed by atoms with Crippen LogP contribution in [-0.2, 0) is 4.74 Å². The van der Waals surface area contributed by atoms with Crippen molar-refractivity contribution in [3.8, 4) is 23.0 Å². The van der Waals surface area contributed by atoms with Crippen molar-refractivity contribution in [3.05, 3.63) is 48.0 Å². The first-order chi connectivity index (χ1) is 11.7. The van der Waals surface area contributed by atoms with Crippen LogP contribution in [0.3, 0.4) is 0 Å². The van der Waals surface area contributed by atoms with Crippen molar-refractivity contribution in [1.29, 1.82) is 0 Å². The molecule has 128 valence electrons. The molecule has 0 fully saturated rings. The van der Waals surface area contributed by atoms with Gasteiger partial charge in [0, 0.05) is 0 Å². The van der Waals surface area contributed by atoms with Crippen molar-refractivity contribution in [2.24, 2.45) is 0 Å². The lowest BCUT2D eigenvalue weighted by Gasteiger charge is -2.10. The highest BCUT2D eigenvalue weighted by Crippen LogP contribution is 2.27. The molecule has 0 aliphatic heterocycles. The minimum atomic E-state index is -0.450. The Morgan fingerprint density at radius 2 is 1.46 bits per heavy atom. The topological polar surface area (TPSA) is 63.2 Å². The second kappa shape index (κ2) is 8.67. The summed E-state index contributed by atoms with van der Waals surface area (Å²) < 4.78 is 26.0. The van der Waals surface area contributed by atoms with Crippen LogP contribution in [0.5, 0.6) is 23.0 Å². The van der Waals surface area contributed by atoms with Crippen molar-refractivity contribution in [3.63, 3.8) is 0 Å². The average molecular weight is 332 g/mol. The van der Waals surface area contributed by atoms with E-state index < -0.39 is 5.97 Å². The van der Waals surface area contributed by atoms with Crippen LogP contribution in [-0.4, -0.2) is 40.5 Å². The maximum Gasteiger partial charge on any atom is 0.338 e. The van der Waals surface area contributed by atoms with Gasteiger partial charge in [-0.1, -0.05) is 0 Å². The predicted molar refractivity (Wildman–Crippen MR) is 88.3 cm³/mol. The van der Waals surface area contributed by atoms with E-state index >= 15 is 0 Å². The lowest BCUT2D eigenvalue weighted by molar-refractivity contribution is 0.0450. The molecule has 0 bridgehead atoms. The molecular formula is C18H20O6. The summed E-state index contributed by atoms with van der Waals surface area (Å²) in [6.45, 7) is 0.393. The largest absolute Gasteiger partial charge is 0.497 e. The number of benzene rings is 2. The van der Waals surface area contributed by atoms with E-state index in [4.69, 9.17) is 23.7 Å². The molecule has 2 rings (SSSR count). The van der Waals surface area contributed by atoms with Gasteiger partial charge < -0.3 is 23.7 Å². The first-order valence-electron chi connectivity index (χ1n) is 7.34. The van der Waals surface area contributed by atoms with Crippen LogP contribution in [0.4, 0.5) is 0 Å². The number of carbonyl (C=O) groups is 1. The lowest BCUT2D eigenvalue weighted by Crippen LogP contribution is -2.12. The Hall–Kier alpha value is -2.89. The third kappa shape index (κ3) is 4.55. The van der Waals surface area contributed by atoms with Gasteiger partial charge in [0.05, 0.1) is 26.9 Å². The monoisotopic (exact) mass is 332 g/mol. The summed E-state index contributed by atoms with van der Waals surface area (Å²) in [7, 11) is 4.64. The third-order valence-corrected chi connectivity index (χ3v) is 3.26. The minimum Gasteiger partial charge on any atom is -0.497 e. The molecule has 0 unspecified atom stereocenters. The first-order valence-corrected chi connectivity index (χ1v) is 7.34. The number of rotatable bonds is 8. The molecule has 0 radical (unpaired) electrons. The molecule has 0 atom stereocenters. The Balaban J connectivity index is 1.82. The van der Waals surface area contributed by atoms with Gasteiger partial charge in [-0.3, -0.25) is 0 Å². The van der Waals surface area contributed by atoms with E-state index in [0.29, 0.717) is 22.8 Å². The van der Waals surface area contributed by atoms with Crippen molar-refractivity contribution in [2.75, 3.05) is 34.5 Å². The molecule has 6 nitrogen and oxygen atoms in total. The number of ether oxygens (including phenoxy) is 5. The summed E-state index contributed by atoms with van der Waals surface area (Å²) in [6.07, 6.45) is 0. The third-order valence-electron chi connectivity index (χ3n) is 3.26. The summed E-state index contributed by atoms with van der Waals surface area (Å²) >= 11 is 0. The maximum absolute atomic E-state index is 12.0. The molecule has 0 amide bonds. The highest BCUT2D eigenvalue weighted by molar-refractivity contribution is 5.90. The Kier molecular flexibility index (Phi) is 6.31. The molecule has 0 saturated carbocycles. The van der Waals surface area contributed by atoms with Crippen LogP contribution in [0.1, 0.15) is 10.4 Å². The summed E-state index contributed by atoms with van der Waals surface area (Å²) in [5.74, 6) is 2.01. The van der Waals surface area contributed by atoms with Gasteiger partial charge >= 0.3 is 5.97 Å². The number of carbonyl (C=O) groups excluding carboxylic acids is 1. The van der Waals surface area contributed by atoms with Gasteiger partial charge in [-0.2, -0.15) is 0 Å². The molecule has 0 aliphatic carbocycles. The molecule has 0 spiro atoms. The fourth-order valence-electron chi connectivity index (χ4n) is 2.01. The maximum atomic E-state index is 12.0. The molecule has 6 heteroatoms. The van der Waals surface area contributed by atoms with Crippen LogP contribution >= 0.6 is 0 Å². The standard InChI is InChI=1S/C18H20O6/c1-20-14-5-7-15(8-6-14)23-10-11-24-18(19)13-4-9-16(21-2)17(12-13)22-3/h4-9,12H,10-11H2,1-3H3. The van der Waals surface area contributed by atoms with Crippen molar-refractivity contribution < 1.29 is 28.5 Å². The fourth-order valence-corrected chi connectivity index (χ4v) is 2.01. The number of esters is 1. The zero-order valence-electron chi connectivity index (χ0n) is 13.9. The summed E-state index contributed by atoms with van der Waals surface area (Å²) in [5.41, 5.74) is 0.386. The first kappa shape index (κ1) is 17.5. The summed E-state index contributed by atoms with van der Waals surface area (Å²) in [6, 6.07) is 12.0. The molecular weight excluding hydrogens is 312 g/mol. The van der Waals surface area contributed by atoms with Gasteiger partial charge in [-0.15, -0.1) is 0 Å². The van der Waals surface area contributed by atoms with Crippen LogP contribution < -0.4 is 18.9 Å². The summed E-state index contributed by atoms with van der Waals surface area (Å²) in [4.78, 5) is 12.0. The second-order valence-corrected chi connectivity index (χ2v) is 4.73. The SMILES string of the molecule is COc1ccc(OCCOC(=O)c2ccc(OC)c(OC)c2)cc1. The summed E-state index contributed by atoms with van der Waals surface area (Å²) in [5, 5.41) is 0. The average Bonchev–Trinajstić information content (AvgIpc) is 2.64. The lowest BCUT2D eigenvalue weighted by atomic mass is 10.2. The molecule has 0 aliphatic rings. The van der Waals surface area contributed by atoms with Crippen molar-refractivity contribution in [2.45, 2.75) is 0 Å².